The van der Waals surface area contributed by atoms with E-state index in [0.29, 0.717) is 17.0 Å². The molecule has 6 heteroatoms. The van der Waals surface area contributed by atoms with Crippen LogP contribution in [0.1, 0.15) is 27.4 Å². The van der Waals surface area contributed by atoms with E-state index < -0.39 is 5.91 Å². The molecule has 0 bridgehead atoms. The fourth-order valence-corrected chi connectivity index (χ4v) is 2.42. The van der Waals surface area contributed by atoms with Crippen molar-refractivity contribution >= 4 is 17.9 Å². The minimum Gasteiger partial charge on any atom is -0.465 e. The van der Waals surface area contributed by atoms with Crippen molar-refractivity contribution in [1.29, 1.82) is 0 Å². The standard InChI is InChI=1S/C21H19N3O3/c1-15-6-4-7-16(12-15)20(25)24-19(13-18-9-5-11-27-18)21(26)23-14-17-8-2-3-10-22-17/h2-13H,14H2,1H3,(H,23,26)(H,24,25)/b19-13-. The highest BCUT2D eigenvalue weighted by Gasteiger charge is 2.15. The van der Waals surface area contributed by atoms with Crippen LogP contribution in [0.4, 0.5) is 0 Å². The van der Waals surface area contributed by atoms with Gasteiger partial charge in [-0.2, -0.15) is 0 Å². The number of amides is 2. The number of hydrogen-bond acceptors (Lipinski definition) is 4. The Morgan fingerprint density at radius 2 is 2.00 bits per heavy atom. The second-order valence-electron chi connectivity index (χ2n) is 5.90. The molecule has 0 unspecified atom stereocenters. The van der Waals surface area contributed by atoms with Gasteiger partial charge in [-0.15, -0.1) is 0 Å². The quantitative estimate of drug-likeness (QED) is 0.661. The molecule has 0 spiro atoms. The summed E-state index contributed by atoms with van der Waals surface area (Å²) in [6, 6.07) is 16.0. The summed E-state index contributed by atoms with van der Waals surface area (Å²) in [5, 5.41) is 5.42. The van der Waals surface area contributed by atoms with Crippen molar-refractivity contribution in [2.24, 2.45) is 0 Å². The molecule has 0 radical (unpaired) electrons. The Bertz CT molecular complexity index is 948. The van der Waals surface area contributed by atoms with Crippen LogP contribution >= 0.6 is 0 Å². The molecule has 2 aromatic heterocycles. The van der Waals surface area contributed by atoms with Crippen molar-refractivity contribution in [1.82, 2.24) is 15.6 Å². The number of aryl methyl sites for hydroxylation is 1. The molecular formula is C21H19N3O3. The third kappa shape index (κ3) is 5.15. The van der Waals surface area contributed by atoms with Gasteiger partial charge >= 0.3 is 0 Å². The highest BCUT2D eigenvalue weighted by molar-refractivity contribution is 6.05. The van der Waals surface area contributed by atoms with Gasteiger partial charge in [-0.05, 0) is 43.3 Å². The van der Waals surface area contributed by atoms with E-state index in [1.54, 1.807) is 42.6 Å². The van der Waals surface area contributed by atoms with E-state index in [9.17, 15) is 9.59 Å². The second kappa shape index (κ2) is 8.62. The SMILES string of the molecule is Cc1cccc(C(=O)N/C(=C\c2ccco2)C(=O)NCc2ccccn2)c1. The van der Waals surface area contributed by atoms with Gasteiger partial charge in [0.1, 0.15) is 11.5 Å². The Kier molecular flexibility index (Phi) is 5.79. The number of carbonyl (C=O) groups excluding carboxylic acids is 2. The van der Waals surface area contributed by atoms with Crippen molar-refractivity contribution < 1.29 is 14.0 Å². The summed E-state index contributed by atoms with van der Waals surface area (Å²) in [6.45, 7) is 2.14. The molecule has 3 rings (SSSR count). The minimum atomic E-state index is -0.432. The number of pyridine rings is 1. The predicted octanol–water partition coefficient (Wildman–Crippen LogP) is 3.07. The summed E-state index contributed by atoms with van der Waals surface area (Å²) in [4.78, 5) is 29.3. The summed E-state index contributed by atoms with van der Waals surface area (Å²) in [6.07, 6.45) is 4.64. The fraction of sp³-hybridized carbons (Fsp3) is 0.0952. The maximum absolute atomic E-state index is 12.6. The monoisotopic (exact) mass is 361 g/mol. The average Bonchev–Trinajstić information content (AvgIpc) is 3.19. The number of aromatic nitrogens is 1. The minimum absolute atomic E-state index is 0.0902. The summed E-state index contributed by atoms with van der Waals surface area (Å²) in [7, 11) is 0. The molecule has 0 aliphatic carbocycles. The van der Waals surface area contributed by atoms with Crippen LogP contribution in [0.3, 0.4) is 0 Å². The highest BCUT2D eigenvalue weighted by Crippen LogP contribution is 2.09. The van der Waals surface area contributed by atoms with Gasteiger partial charge in [0.05, 0.1) is 18.5 Å². The molecule has 136 valence electrons. The first-order valence-electron chi connectivity index (χ1n) is 8.43. The van der Waals surface area contributed by atoms with Gasteiger partial charge in [-0.3, -0.25) is 14.6 Å². The lowest BCUT2D eigenvalue weighted by Crippen LogP contribution is -2.34. The summed E-state index contributed by atoms with van der Waals surface area (Å²) in [5.74, 6) is -0.343. The fourth-order valence-electron chi connectivity index (χ4n) is 2.42. The molecule has 0 saturated heterocycles. The van der Waals surface area contributed by atoms with E-state index in [4.69, 9.17) is 4.42 Å². The Hall–Kier alpha value is -3.67. The van der Waals surface area contributed by atoms with Crippen molar-refractivity contribution in [3.8, 4) is 0 Å². The molecule has 0 fully saturated rings. The first kappa shape index (κ1) is 18.1. The zero-order valence-corrected chi connectivity index (χ0v) is 14.8. The van der Waals surface area contributed by atoms with Gasteiger partial charge < -0.3 is 15.1 Å². The zero-order valence-electron chi connectivity index (χ0n) is 14.8. The predicted molar refractivity (Wildman–Crippen MR) is 101 cm³/mol. The molecule has 2 heterocycles. The van der Waals surface area contributed by atoms with E-state index in [1.807, 2.05) is 25.1 Å². The van der Waals surface area contributed by atoms with Crippen LogP contribution in [0.5, 0.6) is 0 Å². The number of benzene rings is 1. The van der Waals surface area contributed by atoms with Gasteiger partial charge in [0.2, 0.25) is 0 Å². The topological polar surface area (TPSA) is 84.2 Å². The van der Waals surface area contributed by atoms with E-state index in [2.05, 4.69) is 15.6 Å². The summed E-state index contributed by atoms with van der Waals surface area (Å²) in [5.41, 5.74) is 2.23. The van der Waals surface area contributed by atoms with Crippen LogP contribution in [0, 0.1) is 6.92 Å². The zero-order chi connectivity index (χ0) is 19.1. The molecular weight excluding hydrogens is 342 g/mol. The number of rotatable bonds is 6. The molecule has 1 aromatic carbocycles. The molecule has 0 aliphatic heterocycles. The van der Waals surface area contributed by atoms with Crippen molar-refractivity contribution in [3.63, 3.8) is 0 Å². The van der Waals surface area contributed by atoms with E-state index in [-0.39, 0.29) is 18.1 Å². The van der Waals surface area contributed by atoms with Gasteiger partial charge in [0.15, 0.2) is 0 Å². The lowest BCUT2D eigenvalue weighted by atomic mass is 10.1. The first-order valence-corrected chi connectivity index (χ1v) is 8.43. The lowest BCUT2D eigenvalue weighted by molar-refractivity contribution is -0.117. The smallest absolute Gasteiger partial charge is 0.268 e. The van der Waals surface area contributed by atoms with Crippen LogP contribution in [0.25, 0.3) is 6.08 Å². The molecule has 3 aromatic rings. The Labute approximate surface area is 156 Å². The Morgan fingerprint density at radius 3 is 2.70 bits per heavy atom. The number of hydrogen-bond donors (Lipinski definition) is 2. The van der Waals surface area contributed by atoms with E-state index in [0.717, 1.165) is 5.56 Å². The van der Waals surface area contributed by atoms with Gasteiger partial charge in [0.25, 0.3) is 11.8 Å². The molecule has 27 heavy (non-hydrogen) atoms. The second-order valence-corrected chi connectivity index (χ2v) is 5.90. The third-order valence-corrected chi connectivity index (χ3v) is 3.76. The van der Waals surface area contributed by atoms with Gasteiger partial charge in [-0.1, -0.05) is 23.8 Å². The van der Waals surface area contributed by atoms with Crippen LogP contribution in [-0.2, 0) is 11.3 Å². The molecule has 2 N–H and O–H groups in total. The summed E-state index contributed by atoms with van der Waals surface area (Å²) >= 11 is 0. The Balaban J connectivity index is 1.76. The van der Waals surface area contributed by atoms with Crippen molar-refractivity contribution in [2.75, 3.05) is 0 Å². The average molecular weight is 361 g/mol. The van der Waals surface area contributed by atoms with Crippen LogP contribution in [0.15, 0.2) is 77.2 Å². The van der Waals surface area contributed by atoms with Crippen LogP contribution in [-0.4, -0.2) is 16.8 Å². The normalized spacial score (nSPS) is 11.1. The van der Waals surface area contributed by atoms with Crippen LogP contribution in [0.2, 0.25) is 0 Å². The lowest BCUT2D eigenvalue weighted by Gasteiger charge is -2.11. The molecule has 0 aliphatic rings. The number of nitrogens with zero attached hydrogens (tertiary/aromatic N) is 1. The molecule has 2 amide bonds. The van der Waals surface area contributed by atoms with Gasteiger partial charge in [0, 0.05) is 17.8 Å². The maximum Gasteiger partial charge on any atom is 0.268 e. The van der Waals surface area contributed by atoms with E-state index >= 15 is 0 Å². The molecule has 6 nitrogen and oxygen atoms in total. The molecule has 0 saturated carbocycles. The largest absolute Gasteiger partial charge is 0.465 e. The Morgan fingerprint density at radius 1 is 1.11 bits per heavy atom. The number of furan rings is 1. The number of carbonyl (C=O) groups is 2. The van der Waals surface area contributed by atoms with Gasteiger partial charge in [-0.25, -0.2) is 0 Å². The maximum atomic E-state index is 12.6. The first-order chi connectivity index (χ1) is 13.1. The van der Waals surface area contributed by atoms with Crippen molar-refractivity contribution in [2.45, 2.75) is 13.5 Å². The third-order valence-electron chi connectivity index (χ3n) is 3.76. The summed E-state index contributed by atoms with van der Waals surface area (Å²) < 4.78 is 5.26. The highest BCUT2D eigenvalue weighted by atomic mass is 16.3. The van der Waals surface area contributed by atoms with E-state index in [1.165, 1.54) is 12.3 Å². The van der Waals surface area contributed by atoms with Crippen LogP contribution < -0.4 is 10.6 Å². The molecule has 0 atom stereocenters. The number of nitrogens with one attached hydrogen (secondary N) is 2. The van der Waals surface area contributed by atoms with Crippen molar-refractivity contribution in [3.05, 3.63) is 95.3 Å².